The Morgan fingerprint density at radius 3 is 2.54 bits per heavy atom. The lowest BCUT2D eigenvalue weighted by atomic mass is 10.0. The van der Waals surface area contributed by atoms with Gasteiger partial charge in [0.25, 0.3) is 5.91 Å². The van der Waals surface area contributed by atoms with Crippen LogP contribution >= 0.6 is 11.8 Å². The number of aryl methyl sites for hydroxylation is 3. The summed E-state index contributed by atoms with van der Waals surface area (Å²) in [5, 5.41) is 3.72. The van der Waals surface area contributed by atoms with Gasteiger partial charge >= 0.3 is 0 Å². The molecule has 0 bridgehead atoms. The van der Waals surface area contributed by atoms with E-state index in [9.17, 15) is 4.79 Å². The number of benzene rings is 2. The Morgan fingerprint density at radius 1 is 1.04 bits per heavy atom. The minimum atomic E-state index is -0.116. The Bertz CT molecular complexity index is 957. The molecular formula is C23H25N3OS. The number of rotatable bonds is 7. The van der Waals surface area contributed by atoms with E-state index in [-0.39, 0.29) is 5.91 Å². The van der Waals surface area contributed by atoms with Gasteiger partial charge in [0.05, 0.1) is 17.0 Å². The predicted molar refractivity (Wildman–Crippen MR) is 116 cm³/mol. The Morgan fingerprint density at radius 2 is 1.82 bits per heavy atom. The molecule has 28 heavy (non-hydrogen) atoms. The molecule has 3 rings (SSSR count). The van der Waals surface area contributed by atoms with Crippen LogP contribution < -0.4 is 5.32 Å². The summed E-state index contributed by atoms with van der Waals surface area (Å²) in [5.41, 5.74) is 5.31. The van der Waals surface area contributed by atoms with Crippen LogP contribution in [0.5, 0.6) is 0 Å². The Hall–Kier alpha value is -2.66. The fourth-order valence-electron chi connectivity index (χ4n) is 3.14. The van der Waals surface area contributed by atoms with Crippen molar-refractivity contribution < 1.29 is 4.79 Å². The molecule has 2 aromatic carbocycles. The highest BCUT2D eigenvalue weighted by Crippen LogP contribution is 2.26. The maximum atomic E-state index is 13.0. The van der Waals surface area contributed by atoms with Crippen LogP contribution in [0.15, 0.2) is 59.8 Å². The maximum Gasteiger partial charge on any atom is 0.255 e. The van der Waals surface area contributed by atoms with Crippen molar-refractivity contribution >= 4 is 17.7 Å². The number of amides is 1. The van der Waals surface area contributed by atoms with Crippen LogP contribution in [0.4, 0.5) is 0 Å². The first-order chi connectivity index (χ1) is 13.6. The van der Waals surface area contributed by atoms with E-state index in [4.69, 9.17) is 0 Å². The number of carbonyl (C=O) groups excluding carboxylic acids is 1. The Labute approximate surface area is 170 Å². The lowest BCUT2D eigenvalue weighted by Crippen LogP contribution is -2.27. The first kappa shape index (κ1) is 20.1. The lowest BCUT2D eigenvalue weighted by Gasteiger charge is -2.13. The van der Waals surface area contributed by atoms with Gasteiger partial charge in [-0.15, -0.1) is 0 Å². The molecule has 0 atom stereocenters. The molecular weight excluding hydrogens is 366 g/mol. The van der Waals surface area contributed by atoms with E-state index < -0.39 is 0 Å². The molecule has 0 fully saturated rings. The van der Waals surface area contributed by atoms with Crippen LogP contribution in [0.2, 0.25) is 0 Å². The second kappa shape index (κ2) is 9.51. The molecule has 0 aliphatic rings. The third kappa shape index (κ3) is 4.98. The number of nitrogens with one attached hydrogen (secondary N) is 1. The molecule has 0 saturated heterocycles. The first-order valence-electron chi connectivity index (χ1n) is 9.40. The van der Waals surface area contributed by atoms with Gasteiger partial charge < -0.3 is 5.32 Å². The Balaban J connectivity index is 1.78. The summed E-state index contributed by atoms with van der Waals surface area (Å²) in [5.74, 6) is -0.116. The van der Waals surface area contributed by atoms with Gasteiger partial charge in [-0.3, -0.25) is 4.79 Å². The summed E-state index contributed by atoms with van der Waals surface area (Å²) in [6, 6.07) is 18.4. The van der Waals surface area contributed by atoms with Gasteiger partial charge in [0.1, 0.15) is 0 Å². The molecule has 1 aromatic heterocycles. The molecule has 4 nitrogen and oxygen atoms in total. The van der Waals surface area contributed by atoms with E-state index in [1.165, 1.54) is 17.3 Å². The van der Waals surface area contributed by atoms with Gasteiger partial charge in [0.2, 0.25) is 0 Å². The number of hydrogen-bond acceptors (Lipinski definition) is 4. The van der Waals surface area contributed by atoms with Gasteiger partial charge in [-0.2, -0.15) is 0 Å². The topological polar surface area (TPSA) is 54.9 Å². The monoisotopic (exact) mass is 391 g/mol. The fraction of sp³-hybridized carbons (Fsp3) is 0.261. The third-order valence-corrected chi connectivity index (χ3v) is 5.09. The summed E-state index contributed by atoms with van der Waals surface area (Å²) in [6.45, 7) is 4.53. The molecule has 0 spiro atoms. The van der Waals surface area contributed by atoms with E-state index in [0.717, 1.165) is 24.0 Å². The molecule has 5 heteroatoms. The van der Waals surface area contributed by atoms with Crippen LogP contribution in [0.1, 0.15) is 33.6 Å². The van der Waals surface area contributed by atoms with Crippen molar-refractivity contribution in [3.05, 3.63) is 77.0 Å². The van der Waals surface area contributed by atoms with Crippen molar-refractivity contribution in [2.75, 3.05) is 12.8 Å². The number of nitrogens with zero attached hydrogens (tertiary/aromatic N) is 2. The van der Waals surface area contributed by atoms with Crippen molar-refractivity contribution in [3.63, 3.8) is 0 Å². The highest BCUT2D eigenvalue weighted by molar-refractivity contribution is 7.98. The summed E-state index contributed by atoms with van der Waals surface area (Å²) < 4.78 is 0. The lowest BCUT2D eigenvalue weighted by molar-refractivity contribution is 0.0952. The largest absolute Gasteiger partial charge is 0.352 e. The van der Waals surface area contributed by atoms with Crippen LogP contribution in [-0.2, 0) is 6.42 Å². The van der Waals surface area contributed by atoms with E-state index in [0.29, 0.717) is 28.7 Å². The van der Waals surface area contributed by atoms with E-state index >= 15 is 0 Å². The molecule has 0 aliphatic carbocycles. The summed E-state index contributed by atoms with van der Waals surface area (Å²) in [4.78, 5) is 22.1. The molecule has 1 amide bonds. The average Bonchev–Trinajstić information content (AvgIpc) is 2.71. The minimum absolute atomic E-state index is 0.116. The number of thioether (sulfide) groups is 1. The molecule has 0 unspecified atom stereocenters. The van der Waals surface area contributed by atoms with Crippen molar-refractivity contribution in [2.45, 2.75) is 31.8 Å². The molecule has 0 aliphatic heterocycles. The zero-order chi connectivity index (χ0) is 19.9. The number of hydrogen-bond donors (Lipinski definition) is 1. The predicted octanol–water partition coefficient (Wildman–Crippen LogP) is 4.84. The van der Waals surface area contributed by atoms with Crippen molar-refractivity contribution in [1.82, 2.24) is 15.3 Å². The van der Waals surface area contributed by atoms with Gasteiger partial charge in [-0.25, -0.2) is 9.97 Å². The average molecular weight is 392 g/mol. The van der Waals surface area contributed by atoms with Gasteiger partial charge in [-0.05, 0) is 44.6 Å². The van der Waals surface area contributed by atoms with Gasteiger partial charge in [0.15, 0.2) is 5.16 Å². The highest BCUT2D eigenvalue weighted by Gasteiger charge is 2.19. The maximum absolute atomic E-state index is 13.0. The zero-order valence-electron chi connectivity index (χ0n) is 16.5. The molecule has 144 valence electrons. The normalized spacial score (nSPS) is 10.7. The summed E-state index contributed by atoms with van der Waals surface area (Å²) in [6.07, 6.45) is 3.77. The van der Waals surface area contributed by atoms with Crippen molar-refractivity contribution in [3.8, 4) is 11.3 Å². The summed E-state index contributed by atoms with van der Waals surface area (Å²) in [7, 11) is 0. The second-order valence-electron chi connectivity index (χ2n) is 6.73. The quantitative estimate of drug-likeness (QED) is 0.355. The van der Waals surface area contributed by atoms with Crippen molar-refractivity contribution in [1.29, 1.82) is 0 Å². The van der Waals surface area contributed by atoms with Crippen LogP contribution in [0, 0.1) is 13.8 Å². The molecule has 1 heterocycles. The smallest absolute Gasteiger partial charge is 0.255 e. The standard InChI is InChI=1S/C23H25N3OS/c1-16-9-7-13-19(15-16)21-20(17(2)25-23(26-21)28-3)22(27)24-14-8-12-18-10-5-4-6-11-18/h4-7,9-11,13,15H,8,12,14H2,1-3H3,(H,24,27). The number of carbonyl (C=O) groups is 1. The van der Waals surface area contributed by atoms with Crippen LogP contribution in [0.25, 0.3) is 11.3 Å². The van der Waals surface area contributed by atoms with Gasteiger partial charge in [0, 0.05) is 12.1 Å². The van der Waals surface area contributed by atoms with Crippen LogP contribution in [-0.4, -0.2) is 28.7 Å². The van der Waals surface area contributed by atoms with E-state index in [1.54, 1.807) is 0 Å². The molecule has 3 aromatic rings. The molecule has 1 N–H and O–H groups in total. The third-order valence-electron chi connectivity index (χ3n) is 4.54. The number of aromatic nitrogens is 2. The van der Waals surface area contributed by atoms with E-state index in [2.05, 4.69) is 33.5 Å². The highest BCUT2D eigenvalue weighted by atomic mass is 32.2. The first-order valence-corrected chi connectivity index (χ1v) is 10.6. The second-order valence-corrected chi connectivity index (χ2v) is 7.51. The molecule has 0 radical (unpaired) electrons. The summed E-state index contributed by atoms with van der Waals surface area (Å²) >= 11 is 1.48. The van der Waals surface area contributed by atoms with Crippen LogP contribution in [0.3, 0.4) is 0 Å². The minimum Gasteiger partial charge on any atom is -0.352 e. The van der Waals surface area contributed by atoms with Crippen molar-refractivity contribution in [2.24, 2.45) is 0 Å². The SMILES string of the molecule is CSc1nc(C)c(C(=O)NCCCc2ccccc2)c(-c2cccc(C)c2)n1. The van der Waals surface area contributed by atoms with E-state index in [1.807, 2.05) is 56.5 Å². The van der Waals surface area contributed by atoms with Gasteiger partial charge in [-0.1, -0.05) is 65.9 Å². The molecule has 0 saturated carbocycles. The zero-order valence-corrected chi connectivity index (χ0v) is 17.3. The fourth-order valence-corrected chi connectivity index (χ4v) is 3.55. The Kier molecular flexibility index (Phi) is 6.82.